The van der Waals surface area contributed by atoms with Gasteiger partial charge in [0.2, 0.25) is 0 Å². The van der Waals surface area contributed by atoms with Crippen molar-refractivity contribution in [2.45, 2.75) is 158 Å². The quantitative estimate of drug-likeness (QED) is 0.0814. The van der Waals surface area contributed by atoms with Gasteiger partial charge < -0.3 is 4.57 Å². The molecule has 13 nitrogen and oxygen atoms in total. The van der Waals surface area contributed by atoms with Crippen LogP contribution in [0.4, 0.5) is 0 Å². The molecule has 0 aliphatic heterocycles. The standard InChI is InChI=1S/C102H79Cl2N5O8/c1-40(2)49-26-20-27-50(41(3)4)91(49)106-95(110)59-34-57-71-81-69(59)61(97(106)112)36-65(103)77(81)78-66(104)37-62-75-83(78)85(71)87-74(89(75)101(116)108(98(62)113)93-53(44(9)10)30-22-31-54(93)45(11)12)58-35-60-70-63(99(114)107(96(60)111)92-51(42(5)6)28-21-29-52(92)43(7)8)38-67-79-80-68(105(67)48-24-18-17-19-25-48)39-64-76-84(80)86(72(58)82(70)79)88(87)73(57)90(76)102(117)109(100(64)115)94-55(46(13)14)32-23-33-56(94)47(15)16/h17-47H,1-16H3. The minimum absolute atomic E-state index is 0.0959. The minimum Gasteiger partial charge on any atom is -0.309 e. The Kier molecular flexibility index (Phi) is 14.5. The van der Waals surface area contributed by atoms with Crippen molar-refractivity contribution in [2.75, 3.05) is 0 Å². The zero-order chi connectivity index (χ0) is 81.5. The highest BCUT2D eigenvalue weighted by Crippen LogP contribution is 2.63. The number of nitrogens with zero attached hydrogens (tertiary/aromatic N) is 5. The lowest BCUT2D eigenvalue weighted by atomic mass is 9.73. The second-order valence-electron chi connectivity index (χ2n) is 35.7. The van der Waals surface area contributed by atoms with E-state index in [1.165, 1.54) is 18.3 Å². The van der Waals surface area contributed by atoms with E-state index in [-0.39, 0.29) is 106 Å². The summed E-state index contributed by atoms with van der Waals surface area (Å²) in [5.74, 6) is -1.46. The smallest absolute Gasteiger partial charge is 0.266 e. The van der Waals surface area contributed by atoms with Gasteiger partial charge in [-0.2, -0.15) is 0 Å². The minimum atomic E-state index is -0.654. The van der Waals surface area contributed by atoms with Crippen LogP contribution in [0, 0.1) is 0 Å². The first-order valence-electron chi connectivity index (χ1n) is 41.0. The van der Waals surface area contributed by atoms with Crippen molar-refractivity contribution >= 4 is 196 Å². The third kappa shape index (κ3) is 8.51. The van der Waals surface area contributed by atoms with Crippen molar-refractivity contribution in [1.82, 2.24) is 22.8 Å². The van der Waals surface area contributed by atoms with Crippen molar-refractivity contribution in [2.24, 2.45) is 0 Å². The Morgan fingerprint density at radius 1 is 0.197 bits per heavy atom. The zero-order valence-corrected chi connectivity index (χ0v) is 69.2. The summed E-state index contributed by atoms with van der Waals surface area (Å²) in [5, 5.41) is 11.4. The van der Waals surface area contributed by atoms with Gasteiger partial charge in [-0.15, -0.1) is 0 Å². The molecule has 15 heteroatoms. The van der Waals surface area contributed by atoms with E-state index in [1.807, 2.05) is 183 Å². The van der Waals surface area contributed by atoms with E-state index in [9.17, 15) is 0 Å². The third-order valence-electron chi connectivity index (χ3n) is 26.8. The molecule has 0 radical (unpaired) electrons. The molecule has 5 aromatic heterocycles. The zero-order valence-electron chi connectivity index (χ0n) is 67.7. The SMILES string of the molecule is CC(C)c1cccc(C(C)C)c1-n1c(=O)c2cc(Cl)c3c4c(Cl)cc5c(=O)n(-c6c(C(C)C)cccc6C(C)C)c(=O)c6c5c4c4c5c(cc(c1=O)c2c35)c1c2c(=O)n(-c3c(C(C)C)cccc3C(C)C)c(=O)c3cc5c7c(c32)c2c3c(cc8c(=O)n(-c9c(C(C)C)cccc9C(C)C)c(=O)c9cc(c7c3c89)n5-c3ccccc3)c6c4c12. The predicted molar refractivity (Wildman–Crippen MR) is 488 cm³/mol. The highest BCUT2D eigenvalue weighted by Gasteiger charge is 2.41. The molecule has 117 heavy (non-hydrogen) atoms. The number of halogens is 2. The van der Waals surface area contributed by atoms with E-state index in [0.29, 0.717) is 153 Å². The van der Waals surface area contributed by atoms with Crippen LogP contribution >= 0.6 is 23.2 Å². The fraction of sp³-hybridized carbons (Fsp3) is 0.235. The lowest BCUT2D eigenvalue weighted by molar-refractivity contribution is 0.792. The Morgan fingerprint density at radius 3 is 0.726 bits per heavy atom. The first-order chi connectivity index (χ1) is 56.0. The molecule has 0 amide bonds. The summed E-state index contributed by atoms with van der Waals surface area (Å²) in [6.45, 7) is 32.8. The van der Waals surface area contributed by atoms with Crippen LogP contribution in [-0.4, -0.2) is 22.8 Å². The number of hydrogen-bond donors (Lipinski definition) is 0. The van der Waals surface area contributed by atoms with Gasteiger partial charge in [0.05, 0.1) is 66.1 Å². The topological polar surface area (TPSA) is 161 Å². The van der Waals surface area contributed by atoms with Crippen molar-refractivity contribution in [1.29, 1.82) is 0 Å². The summed E-state index contributed by atoms with van der Waals surface area (Å²) < 4.78 is 7.53. The number of para-hydroxylation sites is 5. The second-order valence-corrected chi connectivity index (χ2v) is 36.5. The lowest BCUT2D eigenvalue weighted by Gasteiger charge is -2.30. The van der Waals surface area contributed by atoms with E-state index >= 15 is 38.4 Å². The first kappa shape index (κ1) is 71.4. The highest BCUT2D eigenvalue weighted by molar-refractivity contribution is 6.64. The largest absolute Gasteiger partial charge is 0.309 e. The highest BCUT2D eigenvalue weighted by atomic mass is 35.5. The number of aromatic nitrogens is 5. The van der Waals surface area contributed by atoms with Crippen LogP contribution in [0.15, 0.2) is 178 Å². The fourth-order valence-electron chi connectivity index (χ4n) is 22.0. The number of benzene rings is 17. The lowest BCUT2D eigenvalue weighted by Crippen LogP contribution is -2.34. The van der Waals surface area contributed by atoms with Crippen molar-refractivity contribution < 1.29 is 0 Å². The van der Waals surface area contributed by atoms with Gasteiger partial charge in [0, 0.05) is 123 Å². The maximum absolute atomic E-state index is 18.2. The molecule has 17 aromatic carbocycles. The van der Waals surface area contributed by atoms with Gasteiger partial charge in [0.15, 0.2) is 0 Å². The van der Waals surface area contributed by atoms with Crippen molar-refractivity contribution in [3.8, 4) is 28.4 Å². The molecular weight excluding hydrogens is 1490 g/mol. The average molecular weight is 1570 g/mol. The Labute approximate surface area is 677 Å². The van der Waals surface area contributed by atoms with Gasteiger partial charge in [-0.05, 0) is 162 Å². The molecule has 5 heterocycles. The number of hydrogen-bond acceptors (Lipinski definition) is 8. The maximum atomic E-state index is 18.2. The van der Waals surface area contributed by atoms with E-state index in [0.717, 1.165) is 44.5 Å². The third-order valence-corrected chi connectivity index (χ3v) is 27.4. The van der Waals surface area contributed by atoms with Gasteiger partial charge in [-0.3, -0.25) is 38.4 Å². The van der Waals surface area contributed by atoms with E-state index in [4.69, 9.17) is 23.2 Å². The van der Waals surface area contributed by atoms with E-state index in [1.54, 1.807) is 12.1 Å². The molecule has 0 fully saturated rings. The molecule has 0 spiro atoms. The molecule has 0 unspecified atom stereocenters. The fourth-order valence-corrected chi connectivity index (χ4v) is 22.6. The molecule has 0 aliphatic rings. The first-order valence-corrected chi connectivity index (χ1v) is 41.8. The Bertz CT molecular complexity index is 8630. The summed E-state index contributed by atoms with van der Waals surface area (Å²) in [6, 6.07) is 44.3. The van der Waals surface area contributed by atoms with Crippen molar-refractivity contribution in [3.05, 3.63) is 277 Å². The molecule has 0 saturated heterocycles. The monoisotopic (exact) mass is 1570 g/mol. The molecule has 22 rings (SSSR count). The van der Waals surface area contributed by atoms with Crippen LogP contribution in [0.25, 0.3) is 201 Å². The van der Waals surface area contributed by atoms with Crippen LogP contribution in [0.2, 0.25) is 10.0 Å². The Morgan fingerprint density at radius 2 is 0.419 bits per heavy atom. The summed E-state index contributed by atoms with van der Waals surface area (Å²) in [7, 11) is 0. The summed E-state index contributed by atoms with van der Waals surface area (Å²) in [5.41, 5.74) is 5.09. The maximum Gasteiger partial charge on any atom is 0.266 e. The van der Waals surface area contributed by atoms with Gasteiger partial charge in [0.25, 0.3) is 44.5 Å². The Hall–Kier alpha value is -12.2. The summed E-state index contributed by atoms with van der Waals surface area (Å²) in [4.78, 5) is 139. The van der Waals surface area contributed by atoms with Gasteiger partial charge in [0.1, 0.15) is 0 Å². The predicted octanol–water partition coefficient (Wildman–Crippen LogP) is 23.6. The van der Waals surface area contributed by atoms with Crippen LogP contribution in [0.3, 0.4) is 0 Å². The van der Waals surface area contributed by atoms with Crippen molar-refractivity contribution in [3.63, 3.8) is 0 Å². The number of rotatable bonds is 13. The molecule has 0 saturated carbocycles. The second kappa shape index (κ2) is 23.8. The molecule has 0 N–H and O–H groups in total. The van der Waals surface area contributed by atoms with Gasteiger partial charge in [-0.1, -0.05) is 225 Å². The van der Waals surface area contributed by atoms with Crippen LogP contribution < -0.4 is 44.5 Å². The number of fused-ring (bicyclic) bond motifs is 5. The van der Waals surface area contributed by atoms with Crippen LogP contribution in [-0.2, 0) is 0 Å². The molecule has 574 valence electrons. The van der Waals surface area contributed by atoms with Gasteiger partial charge >= 0.3 is 0 Å². The number of pyridine rings is 4. The average Bonchev–Trinajstić information content (AvgIpc) is 1.62. The van der Waals surface area contributed by atoms with Gasteiger partial charge in [-0.25, -0.2) is 18.3 Å². The molecule has 0 bridgehead atoms. The molecular formula is C102H79Cl2N5O8. The summed E-state index contributed by atoms with van der Waals surface area (Å²) in [6.07, 6.45) is 0. The molecule has 0 atom stereocenters. The van der Waals surface area contributed by atoms with Crippen LogP contribution in [0.1, 0.15) is 203 Å². The Balaban J connectivity index is 1.14. The van der Waals surface area contributed by atoms with E-state index in [2.05, 4.69) is 60.0 Å². The van der Waals surface area contributed by atoms with E-state index < -0.39 is 44.5 Å². The summed E-state index contributed by atoms with van der Waals surface area (Å²) >= 11 is 16.4. The normalized spacial score (nSPS) is 13.2. The van der Waals surface area contributed by atoms with Crippen LogP contribution in [0.5, 0.6) is 0 Å². The molecule has 0 aliphatic carbocycles. The molecule has 22 aromatic rings.